The molecule has 100 valence electrons. The third-order valence-corrected chi connectivity index (χ3v) is 3.09. The van der Waals surface area contributed by atoms with Crippen molar-refractivity contribution in [3.63, 3.8) is 0 Å². The second-order valence-electron chi connectivity index (χ2n) is 3.64. The lowest BCUT2D eigenvalue weighted by molar-refractivity contribution is -0.144. The van der Waals surface area contributed by atoms with E-state index < -0.39 is 11.9 Å². The van der Waals surface area contributed by atoms with Gasteiger partial charge in [-0.05, 0) is 12.8 Å². The van der Waals surface area contributed by atoms with Crippen molar-refractivity contribution in [3.8, 4) is 12.3 Å². The second kappa shape index (κ2) is 9.54. The lowest BCUT2D eigenvalue weighted by Crippen LogP contribution is -2.25. The third kappa shape index (κ3) is 7.74. The van der Waals surface area contributed by atoms with Gasteiger partial charge >= 0.3 is 5.97 Å². The van der Waals surface area contributed by atoms with Gasteiger partial charge in [0, 0.05) is 25.6 Å². The molecule has 0 rings (SSSR count). The normalized spacial score (nSPS) is 11.3. The van der Waals surface area contributed by atoms with Gasteiger partial charge in [0.15, 0.2) is 0 Å². The Morgan fingerprint density at radius 2 is 2.11 bits per heavy atom. The van der Waals surface area contributed by atoms with Crippen LogP contribution in [-0.4, -0.2) is 34.4 Å². The predicted octanol–water partition coefficient (Wildman–Crippen LogP) is 0.887. The van der Waals surface area contributed by atoms with Crippen molar-refractivity contribution >= 4 is 28.8 Å². The zero-order valence-corrected chi connectivity index (χ0v) is 11.1. The Kier molecular flexibility index (Phi) is 8.76. The topological polar surface area (TPSA) is 83.5 Å². The summed E-state index contributed by atoms with van der Waals surface area (Å²) >= 11 is 0.927. The molecule has 0 spiro atoms. The number of terminal acetylenes is 1. The van der Waals surface area contributed by atoms with Crippen LogP contribution < -0.4 is 5.32 Å². The number of carbonyl (C=O) groups excluding carboxylic acids is 2. The number of hydrogen-bond acceptors (Lipinski definition) is 4. The van der Waals surface area contributed by atoms with Crippen LogP contribution in [0, 0.1) is 18.3 Å². The molecule has 0 bridgehead atoms. The number of aliphatic carboxylic acids is 1. The molecule has 0 aromatic rings. The Labute approximate surface area is 111 Å². The SMILES string of the molecule is C#CCCCC(C(=O)O)C(=O)SCCNC(C)=O. The summed E-state index contributed by atoms with van der Waals surface area (Å²) < 4.78 is 0. The van der Waals surface area contributed by atoms with E-state index in [4.69, 9.17) is 11.5 Å². The van der Waals surface area contributed by atoms with E-state index >= 15 is 0 Å². The molecule has 5 nitrogen and oxygen atoms in total. The number of carboxylic acid groups (broad SMARTS) is 1. The summed E-state index contributed by atoms with van der Waals surface area (Å²) in [5.74, 6) is 0.471. The summed E-state index contributed by atoms with van der Waals surface area (Å²) in [5.41, 5.74) is 0. The first-order valence-electron chi connectivity index (χ1n) is 5.56. The molecule has 0 fully saturated rings. The van der Waals surface area contributed by atoms with E-state index in [1.54, 1.807) is 0 Å². The number of carbonyl (C=O) groups is 3. The fourth-order valence-electron chi connectivity index (χ4n) is 1.23. The molecule has 18 heavy (non-hydrogen) atoms. The predicted molar refractivity (Wildman–Crippen MR) is 70.0 cm³/mol. The molecule has 1 atom stereocenters. The maximum Gasteiger partial charge on any atom is 0.314 e. The van der Waals surface area contributed by atoms with Gasteiger partial charge in [-0.25, -0.2) is 0 Å². The maximum atomic E-state index is 11.6. The van der Waals surface area contributed by atoms with E-state index in [9.17, 15) is 14.4 Å². The summed E-state index contributed by atoms with van der Waals surface area (Å²) in [6.45, 7) is 1.73. The van der Waals surface area contributed by atoms with Gasteiger partial charge in [-0.3, -0.25) is 14.4 Å². The number of thioether (sulfide) groups is 1. The Morgan fingerprint density at radius 1 is 1.44 bits per heavy atom. The largest absolute Gasteiger partial charge is 0.481 e. The Balaban J connectivity index is 4.03. The Morgan fingerprint density at radius 3 is 2.61 bits per heavy atom. The highest BCUT2D eigenvalue weighted by atomic mass is 32.2. The van der Waals surface area contributed by atoms with Crippen LogP contribution in [0.5, 0.6) is 0 Å². The molecule has 2 N–H and O–H groups in total. The number of carboxylic acids is 1. The van der Waals surface area contributed by atoms with Gasteiger partial charge < -0.3 is 10.4 Å². The van der Waals surface area contributed by atoms with Gasteiger partial charge in [0.25, 0.3) is 0 Å². The summed E-state index contributed by atoms with van der Waals surface area (Å²) in [5, 5.41) is 11.1. The van der Waals surface area contributed by atoms with Crippen molar-refractivity contribution in [2.45, 2.75) is 26.2 Å². The molecule has 1 unspecified atom stereocenters. The van der Waals surface area contributed by atoms with Crippen molar-refractivity contribution in [2.24, 2.45) is 5.92 Å². The zero-order valence-electron chi connectivity index (χ0n) is 10.3. The minimum Gasteiger partial charge on any atom is -0.481 e. The van der Waals surface area contributed by atoms with E-state index in [1.165, 1.54) is 6.92 Å². The zero-order chi connectivity index (χ0) is 14.0. The molecule has 0 aromatic heterocycles. The smallest absolute Gasteiger partial charge is 0.314 e. The van der Waals surface area contributed by atoms with Crippen molar-refractivity contribution in [3.05, 3.63) is 0 Å². The number of nitrogens with one attached hydrogen (secondary N) is 1. The van der Waals surface area contributed by atoms with Crippen LogP contribution in [0.1, 0.15) is 26.2 Å². The summed E-state index contributed by atoms with van der Waals surface area (Å²) in [6.07, 6.45) is 6.31. The van der Waals surface area contributed by atoms with Gasteiger partial charge in [-0.15, -0.1) is 12.3 Å². The van der Waals surface area contributed by atoms with E-state index in [0.29, 0.717) is 25.1 Å². The average molecular weight is 271 g/mol. The van der Waals surface area contributed by atoms with Gasteiger partial charge in [-0.1, -0.05) is 11.8 Å². The molecule has 1 amide bonds. The van der Waals surface area contributed by atoms with Gasteiger partial charge in [0.05, 0.1) is 0 Å². The van der Waals surface area contributed by atoms with E-state index in [0.717, 1.165) is 11.8 Å². The van der Waals surface area contributed by atoms with Crippen molar-refractivity contribution < 1.29 is 19.5 Å². The lowest BCUT2D eigenvalue weighted by atomic mass is 10.0. The van der Waals surface area contributed by atoms with Crippen LogP contribution in [0.15, 0.2) is 0 Å². The highest BCUT2D eigenvalue weighted by molar-refractivity contribution is 8.13. The monoisotopic (exact) mass is 271 g/mol. The van der Waals surface area contributed by atoms with Crippen LogP contribution in [0.2, 0.25) is 0 Å². The average Bonchev–Trinajstić information content (AvgIpc) is 2.29. The van der Waals surface area contributed by atoms with E-state index in [-0.39, 0.29) is 17.4 Å². The molecule has 0 saturated heterocycles. The third-order valence-electron chi connectivity index (χ3n) is 2.12. The molecule has 0 radical (unpaired) electrons. The molecule has 0 aromatic carbocycles. The first kappa shape index (κ1) is 16.5. The summed E-state index contributed by atoms with van der Waals surface area (Å²) in [6, 6.07) is 0. The molecule has 0 heterocycles. The van der Waals surface area contributed by atoms with Crippen LogP contribution in [-0.2, 0) is 14.4 Å². The van der Waals surface area contributed by atoms with Gasteiger partial charge in [-0.2, -0.15) is 0 Å². The first-order valence-corrected chi connectivity index (χ1v) is 6.55. The van der Waals surface area contributed by atoms with Crippen LogP contribution >= 0.6 is 11.8 Å². The van der Waals surface area contributed by atoms with Gasteiger partial charge in [0.1, 0.15) is 5.92 Å². The Hall–Kier alpha value is -1.48. The summed E-state index contributed by atoms with van der Waals surface area (Å²) in [7, 11) is 0. The quantitative estimate of drug-likeness (QED) is 0.389. The van der Waals surface area contributed by atoms with Crippen molar-refractivity contribution in [2.75, 3.05) is 12.3 Å². The molecular weight excluding hydrogens is 254 g/mol. The number of unbranched alkanes of at least 4 members (excludes halogenated alkanes) is 1. The molecular formula is C12H17NO4S. The lowest BCUT2D eigenvalue weighted by Gasteiger charge is -2.09. The Bertz CT molecular complexity index is 348. The van der Waals surface area contributed by atoms with Gasteiger partial charge in [0.2, 0.25) is 11.0 Å². The summed E-state index contributed by atoms with van der Waals surface area (Å²) in [4.78, 5) is 33.1. The fraction of sp³-hybridized carbons (Fsp3) is 0.583. The number of rotatable bonds is 8. The fourth-order valence-corrected chi connectivity index (χ4v) is 2.05. The van der Waals surface area contributed by atoms with E-state index in [1.807, 2.05) is 0 Å². The van der Waals surface area contributed by atoms with Crippen molar-refractivity contribution in [1.29, 1.82) is 0 Å². The maximum absolute atomic E-state index is 11.6. The van der Waals surface area contributed by atoms with Crippen LogP contribution in [0.25, 0.3) is 0 Å². The molecule has 0 saturated carbocycles. The molecule has 0 aliphatic heterocycles. The minimum absolute atomic E-state index is 0.174. The highest BCUT2D eigenvalue weighted by Gasteiger charge is 2.25. The minimum atomic E-state index is -1.12. The van der Waals surface area contributed by atoms with Crippen LogP contribution in [0.3, 0.4) is 0 Å². The molecule has 0 aliphatic carbocycles. The van der Waals surface area contributed by atoms with Crippen molar-refractivity contribution in [1.82, 2.24) is 5.32 Å². The number of hydrogen-bond donors (Lipinski definition) is 2. The van der Waals surface area contributed by atoms with Crippen LogP contribution in [0.4, 0.5) is 0 Å². The molecule has 6 heteroatoms. The van der Waals surface area contributed by atoms with E-state index in [2.05, 4.69) is 11.2 Å². The second-order valence-corrected chi connectivity index (χ2v) is 4.74. The standard InChI is InChI=1S/C12H17NO4S/c1-3-4-5-6-10(11(15)16)12(17)18-8-7-13-9(2)14/h1,10H,4-8H2,2H3,(H,13,14)(H,15,16). The number of amides is 1. The first-order chi connectivity index (χ1) is 8.49. The highest BCUT2D eigenvalue weighted by Crippen LogP contribution is 2.17. The molecule has 0 aliphatic rings.